The molecule has 0 aliphatic carbocycles. The lowest BCUT2D eigenvalue weighted by atomic mass is 9.85. The summed E-state index contributed by atoms with van der Waals surface area (Å²) in [5.41, 5.74) is 11.3. The molecule has 2 aromatic heterocycles. The van der Waals surface area contributed by atoms with E-state index in [9.17, 15) is 0 Å². The smallest absolute Gasteiger partial charge is 0.160 e. The van der Waals surface area contributed by atoms with Gasteiger partial charge in [0.1, 0.15) is 0 Å². The van der Waals surface area contributed by atoms with Gasteiger partial charge in [-0.15, -0.1) is 0 Å². The van der Waals surface area contributed by atoms with E-state index in [4.69, 9.17) is 9.97 Å². The van der Waals surface area contributed by atoms with Gasteiger partial charge in [-0.25, -0.2) is 9.97 Å². The topological polar surface area (TPSA) is 30.7 Å². The molecule has 0 aliphatic rings. The summed E-state index contributed by atoms with van der Waals surface area (Å²) < 4.78 is 2.39. The first-order valence-electron chi connectivity index (χ1n) is 15.8. The van der Waals surface area contributed by atoms with Crippen LogP contribution in [0.3, 0.4) is 0 Å². The molecule has 0 bridgehead atoms. The number of rotatable bonds is 4. The van der Waals surface area contributed by atoms with E-state index in [0.717, 1.165) is 33.8 Å². The van der Waals surface area contributed by atoms with Gasteiger partial charge < -0.3 is 4.57 Å². The summed E-state index contributed by atoms with van der Waals surface area (Å²) in [5.74, 6) is 0.716. The van der Waals surface area contributed by atoms with Crippen molar-refractivity contribution in [3.8, 4) is 39.6 Å². The number of hydrogen-bond acceptors (Lipinski definition) is 2. The summed E-state index contributed by atoms with van der Waals surface area (Å²) in [4.78, 5) is 10.1. The molecule has 0 amide bonds. The van der Waals surface area contributed by atoms with Gasteiger partial charge in [-0.1, -0.05) is 114 Å². The van der Waals surface area contributed by atoms with Crippen molar-refractivity contribution in [2.24, 2.45) is 0 Å². The van der Waals surface area contributed by atoms with Gasteiger partial charge in [0, 0.05) is 33.2 Å². The molecule has 45 heavy (non-hydrogen) atoms. The van der Waals surface area contributed by atoms with Gasteiger partial charge >= 0.3 is 0 Å². The van der Waals surface area contributed by atoms with E-state index >= 15 is 0 Å². The van der Waals surface area contributed by atoms with Crippen LogP contribution in [0.5, 0.6) is 0 Å². The molecule has 222 valence electrons. The van der Waals surface area contributed by atoms with E-state index in [0.29, 0.717) is 5.82 Å². The lowest BCUT2D eigenvalue weighted by molar-refractivity contribution is 0.590. The molecule has 7 rings (SSSR count). The fraction of sp³-hybridized carbons (Fsp3) is 0.190. The maximum absolute atomic E-state index is 5.04. The Morgan fingerprint density at radius 2 is 0.889 bits per heavy atom. The number of hydrogen-bond donors (Lipinski definition) is 0. The normalized spacial score (nSPS) is 12.2. The third kappa shape index (κ3) is 5.44. The summed E-state index contributed by atoms with van der Waals surface area (Å²) in [6.07, 6.45) is 0. The van der Waals surface area contributed by atoms with Crippen molar-refractivity contribution in [1.82, 2.24) is 14.5 Å². The zero-order valence-corrected chi connectivity index (χ0v) is 27.0. The van der Waals surface area contributed by atoms with E-state index < -0.39 is 0 Å². The second-order valence-corrected chi connectivity index (χ2v) is 14.0. The minimum Gasteiger partial charge on any atom is -0.309 e. The first kappa shape index (κ1) is 28.7. The highest BCUT2D eigenvalue weighted by atomic mass is 15.0. The van der Waals surface area contributed by atoms with Crippen LogP contribution in [0.15, 0.2) is 127 Å². The Morgan fingerprint density at radius 1 is 0.444 bits per heavy atom. The molecule has 0 N–H and O–H groups in total. The number of fused-ring (bicyclic) bond motifs is 3. The maximum Gasteiger partial charge on any atom is 0.160 e. The fourth-order valence-electron chi connectivity index (χ4n) is 6.08. The Bertz CT molecular complexity index is 2010. The average molecular weight is 586 g/mol. The van der Waals surface area contributed by atoms with Crippen molar-refractivity contribution >= 4 is 21.8 Å². The molecule has 0 unspecified atom stereocenters. The lowest BCUT2D eigenvalue weighted by Crippen LogP contribution is -2.10. The second-order valence-electron chi connectivity index (χ2n) is 14.0. The third-order valence-corrected chi connectivity index (χ3v) is 8.75. The first-order valence-corrected chi connectivity index (χ1v) is 15.8. The Hall–Kier alpha value is -5.02. The van der Waals surface area contributed by atoms with Gasteiger partial charge in [-0.05, 0) is 76.6 Å². The minimum absolute atomic E-state index is 0.0682. The highest BCUT2D eigenvalue weighted by Gasteiger charge is 2.21. The zero-order valence-electron chi connectivity index (χ0n) is 27.0. The largest absolute Gasteiger partial charge is 0.309 e. The van der Waals surface area contributed by atoms with Gasteiger partial charge in [0.25, 0.3) is 0 Å². The molecule has 0 radical (unpaired) electrons. The molecule has 0 saturated heterocycles. The van der Waals surface area contributed by atoms with Crippen LogP contribution in [-0.2, 0) is 10.8 Å². The first-order chi connectivity index (χ1) is 21.6. The second kappa shape index (κ2) is 10.9. The Balaban J connectivity index is 1.38. The molecule has 7 aromatic rings. The van der Waals surface area contributed by atoms with Gasteiger partial charge in [-0.2, -0.15) is 0 Å². The van der Waals surface area contributed by atoms with Crippen molar-refractivity contribution in [3.63, 3.8) is 0 Å². The summed E-state index contributed by atoms with van der Waals surface area (Å²) in [5, 5.41) is 2.58. The van der Waals surface area contributed by atoms with Crippen molar-refractivity contribution in [2.75, 3.05) is 0 Å². The molecule has 0 atom stereocenters. The van der Waals surface area contributed by atoms with Crippen LogP contribution >= 0.6 is 0 Å². The zero-order chi connectivity index (χ0) is 31.3. The van der Waals surface area contributed by atoms with Crippen LogP contribution in [0.2, 0.25) is 0 Å². The predicted octanol–water partition coefficient (Wildman–Crippen LogP) is 11.2. The monoisotopic (exact) mass is 585 g/mol. The lowest BCUT2D eigenvalue weighted by Gasteiger charge is -2.19. The van der Waals surface area contributed by atoms with Gasteiger partial charge in [0.15, 0.2) is 5.82 Å². The van der Waals surface area contributed by atoms with E-state index in [-0.39, 0.29) is 10.8 Å². The average Bonchev–Trinajstić information content (AvgIpc) is 3.38. The van der Waals surface area contributed by atoms with Crippen molar-refractivity contribution in [2.45, 2.75) is 52.4 Å². The molecule has 5 aromatic carbocycles. The van der Waals surface area contributed by atoms with E-state index in [1.807, 2.05) is 12.1 Å². The molecular formula is C42H39N3. The van der Waals surface area contributed by atoms with Gasteiger partial charge in [0.05, 0.1) is 22.4 Å². The molecule has 0 spiro atoms. The molecule has 0 saturated carbocycles. The summed E-state index contributed by atoms with van der Waals surface area (Å²) in [6, 6.07) is 45.4. The van der Waals surface area contributed by atoms with Gasteiger partial charge in [-0.3, -0.25) is 0 Å². The van der Waals surface area contributed by atoms with Crippen LogP contribution in [0.25, 0.3) is 61.4 Å². The summed E-state index contributed by atoms with van der Waals surface area (Å²) in [6.45, 7) is 13.7. The highest BCUT2D eigenvalue weighted by Crippen LogP contribution is 2.38. The molecule has 3 nitrogen and oxygen atoms in total. The van der Waals surface area contributed by atoms with Crippen molar-refractivity contribution < 1.29 is 0 Å². The summed E-state index contributed by atoms with van der Waals surface area (Å²) >= 11 is 0. The maximum atomic E-state index is 5.04. The molecule has 2 heterocycles. The SMILES string of the molecule is CC(C)(C)c1ccc2c(c1)c1cc(C(C)(C)C)ccc1n2-c1ccc(-c2nc(-c3ccccc3)cc(-c3ccccc3)n2)cc1. The standard InChI is InChI=1S/C42H39N3/c1-41(2,3)31-19-23-38-34(25-31)35-26-32(42(4,5)6)20-24-39(35)45(38)33-21-17-30(18-22-33)40-43-36(28-13-9-7-10-14-28)27-37(44-40)29-15-11-8-12-16-29/h7-27H,1-6H3. The Morgan fingerprint density at radius 3 is 1.31 bits per heavy atom. The van der Waals surface area contributed by atoms with Crippen LogP contribution < -0.4 is 0 Å². The van der Waals surface area contributed by atoms with Crippen LogP contribution in [0.4, 0.5) is 0 Å². The number of aromatic nitrogens is 3. The molecule has 0 aliphatic heterocycles. The third-order valence-electron chi connectivity index (χ3n) is 8.75. The molecule has 0 fully saturated rings. The van der Waals surface area contributed by atoms with Crippen molar-refractivity contribution in [1.29, 1.82) is 0 Å². The summed E-state index contributed by atoms with van der Waals surface area (Å²) in [7, 11) is 0. The number of benzene rings is 5. The predicted molar refractivity (Wildman–Crippen MR) is 190 cm³/mol. The Kier molecular flexibility index (Phi) is 6.93. The van der Waals surface area contributed by atoms with Crippen molar-refractivity contribution in [3.05, 3.63) is 139 Å². The van der Waals surface area contributed by atoms with E-state index in [1.165, 1.54) is 32.9 Å². The van der Waals surface area contributed by atoms with Crippen LogP contribution in [-0.4, -0.2) is 14.5 Å². The highest BCUT2D eigenvalue weighted by molar-refractivity contribution is 6.10. The van der Waals surface area contributed by atoms with E-state index in [2.05, 4.69) is 161 Å². The minimum atomic E-state index is 0.0682. The van der Waals surface area contributed by atoms with Crippen LogP contribution in [0, 0.1) is 0 Å². The fourth-order valence-corrected chi connectivity index (χ4v) is 6.08. The number of nitrogens with zero attached hydrogens (tertiary/aromatic N) is 3. The molecule has 3 heteroatoms. The Labute approximate surface area is 266 Å². The molecular weight excluding hydrogens is 546 g/mol. The quantitative estimate of drug-likeness (QED) is 0.206. The van der Waals surface area contributed by atoms with Gasteiger partial charge in [0.2, 0.25) is 0 Å². The van der Waals surface area contributed by atoms with E-state index in [1.54, 1.807) is 0 Å². The van der Waals surface area contributed by atoms with Crippen LogP contribution in [0.1, 0.15) is 52.7 Å².